The number of allylic oxidation sites excluding steroid dienone is 1. The average Bonchev–Trinajstić information content (AvgIpc) is 3.15. The van der Waals surface area contributed by atoms with Crippen molar-refractivity contribution in [1.29, 1.82) is 0 Å². The summed E-state index contributed by atoms with van der Waals surface area (Å²) in [6.45, 7) is 5.73. The van der Waals surface area contributed by atoms with E-state index in [1.807, 2.05) is 41.0 Å². The van der Waals surface area contributed by atoms with Gasteiger partial charge in [-0.25, -0.2) is 0 Å². The molecule has 0 bridgehead atoms. The highest BCUT2D eigenvalue weighted by molar-refractivity contribution is 7.16. The van der Waals surface area contributed by atoms with Crippen molar-refractivity contribution >= 4 is 44.8 Å². The van der Waals surface area contributed by atoms with E-state index in [4.69, 9.17) is 0 Å². The molecule has 0 atom stereocenters. The van der Waals surface area contributed by atoms with Crippen LogP contribution in [0.15, 0.2) is 90.4 Å². The van der Waals surface area contributed by atoms with E-state index in [1.54, 1.807) is 42.5 Å². The van der Waals surface area contributed by atoms with Crippen molar-refractivity contribution in [2.45, 2.75) is 13.5 Å². The SMILES string of the molecule is C=CCn1c(=NC(=O)c2ccc(C(=O)c3ccccc3)cc2)sc2cc(NC(C)=O)ccc21. The number of rotatable bonds is 6. The summed E-state index contributed by atoms with van der Waals surface area (Å²) < 4.78 is 2.79. The van der Waals surface area contributed by atoms with Crippen LogP contribution < -0.4 is 10.1 Å². The van der Waals surface area contributed by atoms with Crippen molar-refractivity contribution in [2.24, 2.45) is 4.99 Å². The van der Waals surface area contributed by atoms with E-state index in [9.17, 15) is 14.4 Å². The number of amides is 2. The summed E-state index contributed by atoms with van der Waals surface area (Å²) in [7, 11) is 0. The summed E-state index contributed by atoms with van der Waals surface area (Å²) in [6, 6.07) is 21.0. The lowest BCUT2D eigenvalue weighted by Gasteiger charge is -2.04. The number of fused-ring (bicyclic) bond motifs is 1. The Morgan fingerprint density at radius 2 is 1.64 bits per heavy atom. The van der Waals surface area contributed by atoms with Gasteiger partial charge in [0, 0.05) is 35.8 Å². The Bertz CT molecular complexity index is 1430. The zero-order valence-electron chi connectivity index (χ0n) is 17.9. The second-order valence-electron chi connectivity index (χ2n) is 7.34. The molecule has 1 heterocycles. The molecule has 0 unspecified atom stereocenters. The van der Waals surface area contributed by atoms with Crippen molar-refractivity contribution in [2.75, 3.05) is 5.32 Å². The summed E-state index contributed by atoms with van der Waals surface area (Å²) in [5.74, 6) is -0.658. The molecular weight excluding hydrogens is 434 g/mol. The maximum Gasteiger partial charge on any atom is 0.279 e. The van der Waals surface area contributed by atoms with E-state index >= 15 is 0 Å². The van der Waals surface area contributed by atoms with Gasteiger partial charge in [0.2, 0.25) is 5.91 Å². The van der Waals surface area contributed by atoms with Gasteiger partial charge < -0.3 is 9.88 Å². The van der Waals surface area contributed by atoms with Gasteiger partial charge in [0.25, 0.3) is 5.91 Å². The number of aromatic nitrogens is 1. The van der Waals surface area contributed by atoms with Gasteiger partial charge in [0.15, 0.2) is 10.6 Å². The number of benzene rings is 3. The quantitative estimate of drug-likeness (QED) is 0.334. The first-order valence-corrected chi connectivity index (χ1v) is 11.1. The maximum atomic E-state index is 12.9. The molecule has 0 saturated heterocycles. The van der Waals surface area contributed by atoms with Crippen LogP contribution in [0.1, 0.15) is 33.2 Å². The second kappa shape index (κ2) is 9.58. The van der Waals surface area contributed by atoms with Crippen LogP contribution in [0.5, 0.6) is 0 Å². The monoisotopic (exact) mass is 455 g/mol. The standard InChI is InChI=1S/C26H21N3O3S/c1-3-15-29-22-14-13-21(27-17(2)30)16-23(22)33-26(29)28-25(32)20-11-9-19(10-12-20)24(31)18-7-5-4-6-8-18/h3-14,16H,1,15H2,2H3,(H,27,30). The van der Waals surface area contributed by atoms with Gasteiger partial charge in [-0.15, -0.1) is 6.58 Å². The number of carbonyl (C=O) groups excluding carboxylic acids is 3. The molecule has 0 aliphatic rings. The Labute approximate surface area is 194 Å². The first-order valence-electron chi connectivity index (χ1n) is 10.3. The van der Waals surface area contributed by atoms with E-state index in [0.29, 0.717) is 33.7 Å². The van der Waals surface area contributed by atoms with Crippen LogP contribution in [-0.2, 0) is 11.3 Å². The third-order valence-electron chi connectivity index (χ3n) is 4.94. The largest absolute Gasteiger partial charge is 0.326 e. The fourth-order valence-corrected chi connectivity index (χ4v) is 4.49. The molecular formula is C26H21N3O3S. The fourth-order valence-electron chi connectivity index (χ4n) is 3.42. The number of carbonyl (C=O) groups is 3. The van der Waals surface area contributed by atoms with Gasteiger partial charge in [0.05, 0.1) is 10.2 Å². The molecule has 4 aromatic rings. The van der Waals surface area contributed by atoms with Crippen molar-refractivity contribution in [1.82, 2.24) is 4.57 Å². The minimum atomic E-state index is -0.403. The average molecular weight is 456 g/mol. The molecule has 3 aromatic carbocycles. The van der Waals surface area contributed by atoms with Crippen molar-refractivity contribution in [3.05, 3.63) is 107 Å². The number of anilines is 1. The molecule has 0 fully saturated rings. The summed E-state index contributed by atoms with van der Waals surface area (Å²) in [4.78, 5) is 41.7. The van der Waals surface area contributed by atoms with Crippen LogP contribution in [0.25, 0.3) is 10.2 Å². The summed E-state index contributed by atoms with van der Waals surface area (Å²) >= 11 is 1.36. The summed E-state index contributed by atoms with van der Waals surface area (Å²) in [5, 5.41) is 2.76. The molecule has 6 nitrogen and oxygen atoms in total. The highest BCUT2D eigenvalue weighted by atomic mass is 32.1. The van der Waals surface area contributed by atoms with E-state index in [2.05, 4.69) is 16.9 Å². The van der Waals surface area contributed by atoms with Crippen LogP contribution in [0, 0.1) is 0 Å². The number of hydrogen-bond acceptors (Lipinski definition) is 4. The molecule has 33 heavy (non-hydrogen) atoms. The Balaban J connectivity index is 1.66. The van der Waals surface area contributed by atoms with Gasteiger partial charge in [-0.05, 0) is 30.3 Å². The lowest BCUT2D eigenvalue weighted by Crippen LogP contribution is -2.16. The van der Waals surface area contributed by atoms with Crippen molar-refractivity contribution < 1.29 is 14.4 Å². The van der Waals surface area contributed by atoms with Crippen LogP contribution in [0.4, 0.5) is 5.69 Å². The Hall–Kier alpha value is -4.10. The number of nitrogens with zero attached hydrogens (tertiary/aromatic N) is 2. The summed E-state index contributed by atoms with van der Waals surface area (Å²) in [5.41, 5.74) is 3.06. The smallest absolute Gasteiger partial charge is 0.279 e. The van der Waals surface area contributed by atoms with Crippen molar-refractivity contribution in [3.8, 4) is 0 Å². The molecule has 1 aromatic heterocycles. The highest BCUT2D eigenvalue weighted by Gasteiger charge is 2.12. The van der Waals surface area contributed by atoms with Crippen LogP contribution in [0.2, 0.25) is 0 Å². The molecule has 164 valence electrons. The zero-order chi connectivity index (χ0) is 23.4. The third kappa shape index (κ3) is 4.88. The molecule has 0 saturated carbocycles. The normalized spacial score (nSPS) is 11.4. The lowest BCUT2D eigenvalue weighted by molar-refractivity contribution is -0.114. The van der Waals surface area contributed by atoms with Gasteiger partial charge in [-0.2, -0.15) is 4.99 Å². The second-order valence-corrected chi connectivity index (χ2v) is 8.35. The van der Waals surface area contributed by atoms with Crippen LogP contribution in [-0.4, -0.2) is 22.2 Å². The van der Waals surface area contributed by atoms with Crippen molar-refractivity contribution in [3.63, 3.8) is 0 Å². The molecule has 1 N–H and O–H groups in total. The van der Waals surface area contributed by atoms with E-state index in [0.717, 1.165) is 10.2 Å². The third-order valence-corrected chi connectivity index (χ3v) is 5.98. The molecule has 0 spiro atoms. The number of hydrogen-bond donors (Lipinski definition) is 1. The lowest BCUT2D eigenvalue weighted by atomic mass is 10.0. The Kier molecular flexibility index (Phi) is 6.42. The van der Waals surface area contributed by atoms with E-state index in [1.165, 1.54) is 18.3 Å². The predicted octanol–water partition coefficient (Wildman–Crippen LogP) is 4.82. The van der Waals surface area contributed by atoms with E-state index < -0.39 is 5.91 Å². The molecule has 4 rings (SSSR count). The molecule has 7 heteroatoms. The van der Waals surface area contributed by atoms with Gasteiger partial charge in [0.1, 0.15) is 0 Å². The molecule has 0 radical (unpaired) electrons. The maximum absolute atomic E-state index is 12.9. The first-order chi connectivity index (χ1) is 16.0. The first kappa shape index (κ1) is 22.1. The number of nitrogens with one attached hydrogen (secondary N) is 1. The van der Waals surface area contributed by atoms with E-state index in [-0.39, 0.29) is 11.7 Å². The molecule has 0 aliphatic heterocycles. The Morgan fingerprint density at radius 1 is 0.970 bits per heavy atom. The Morgan fingerprint density at radius 3 is 2.30 bits per heavy atom. The number of ketones is 1. The van der Waals surface area contributed by atoms with Crippen LogP contribution in [0.3, 0.4) is 0 Å². The molecule has 2 amide bonds. The highest BCUT2D eigenvalue weighted by Crippen LogP contribution is 2.22. The topological polar surface area (TPSA) is 80.5 Å². The zero-order valence-corrected chi connectivity index (χ0v) is 18.8. The molecule has 0 aliphatic carbocycles. The minimum Gasteiger partial charge on any atom is -0.326 e. The summed E-state index contributed by atoms with van der Waals surface area (Å²) in [6.07, 6.45) is 1.74. The van der Waals surface area contributed by atoms with Gasteiger partial charge >= 0.3 is 0 Å². The number of thiazole rings is 1. The predicted molar refractivity (Wildman–Crippen MR) is 131 cm³/mol. The van der Waals surface area contributed by atoms with Gasteiger partial charge in [-0.1, -0.05) is 59.9 Å². The van der Waals surface area contributed by atoms with Crippen LogP contribution >= 0.6 is 11.3 Å². The fraction of sp³-hybridized carbons (Fsp3) is 0.0769. The van der Waals surface area contributed by atoms with Gasteiger partial charge in [-0.3, -0.25) is 14.4 Å². The minimum absolute atomic E-state index is 0.102.